The zero-order chi connectivity index (χ0) is 19.4. The van der Waals surface area contributed by atoms with Crippen LogP contribution in [0.25, 0.3) is 0 Å². The van der Waals surface area contributed by atoms with E-state index >= 15 is 0 Å². The standard InChI is InChI=1S/C19H24N6O2/c1-12-8-18(16(10-20)11-21-12)25-6-4-15(5-7-25)13(2)22-19(26)9-17-14(3)23-27-24-17/h8,11,13,15H,4-7,9H2,1-3H3,(H,22,26)/t13-/m1/s1. The van der Waals surface area contributed by atoms with E-state index in [1.165, 1.54) is 0 Å². The van der Waals surface area contributed by atoms with Crippen molar-refractivity contribution in [1.29, 1.82) is 5.26 Å². The molecule has 2 aromatic heterocycles. The van der Waals surface area contributed by atoms with Crippen molar-refractivity contribution in [3.8, 4) is 6.07 Å². The fourth-order valence-electron chi connectivity index (χ4n) is 3.52. The monoisotopic (exact) mass is 368 g/mol. The van der Waals surface area contributed by atoms with Gasteiger partial charge in [-0.25, -0.2) is 4.63 Å². The molecule has 3 heterocycles. The maximum absolute atomic E-state index is 12.2. The smallest absolute Gasteiger partial charge is 0.226 e. The van der Waals surface area contributed by atoms with Gasteiger partial charge in [0.25, 0.3) is 0 Å². The van der Waals surface area contributed by atoms with Crippen LogP contribution in [0.15, 0.2) is 16.9 Å². The van der Waals surface area contributed by atoms with Gasteiger partial charge in [-0.1, -0.05) is 10.3 Å². The predicted octanol–water partition coefficient (Wildman–Crippen LogP) is 1.92. The number of piperidine rings is 1. The van der Waals surface area contributed by atoms with Crippen LogP contribution in [0, 0.1) is 31.1 Å². The number of hydrogen-bond acceptors (Lipinski definition) is 7. The fraction of sp³-hybridized carbons (Fsp3) is 0.526. The third kappa shape index (κ3) is 4.42. The van der Waals surface area contributed by atoms with E-state index in [0.29, 0.717) is 22.9 Å². The lowest BCUT2D eigenvalue weighted by Gasteiger charge is -2.36. The van der Waals surface area contributed by atoms with Crippen LogP contribution in [0.1, 0.15) is 42.4 Å². The van der Waals surface area contributed by atoms with E-state index in [1.807, 2.05) is 19.9 Å². The van der Waals surface area contributed by atoms with Gasteiger partial charge < -0.3 is 10.2 Å². The van der Waals surface area contributed by atoms with E-state index < -0.39 is 0 Å². The number of pyridine rings is 1. The molecule has 8 heteroatoms. The summed E-state index contributed by atoms with van der Waals surface area (Å²) in [6.45, 7) is 7.46. The summed E-state index contributed by atoms with van der Waals surface area (Å²) < 4.78 is 4.64. The fourth-order valence-corrected chi connectivity index (χ4v) is 3.52. The first-order valence-corrected chi connectivity index (χ1v) is 9.17. The first kappa shape index (κ1) is 18.8. The molecule has 0 unspecified atom stereocenters. The van der Waals surface area contributed by atoms with Crippen LogP contribution in [0.5, 0.6) is 0 Å². The maximum atomic E-state index is 12.2. The summed E-state index contributed by atoms with van der Waals surface area (Å²) in [5.74, 6) is 0.329. The molecule has 0 spiro atoms. The summed E-state index contributed by atoms with van der Waals surface area (Å²) in [6, 6.07) is 4.27. The topological polar surface area (TPSA) is 108 Å². The number of aromatic nitrogens is 3. The first-order valence-electron chi connectivity index (χ1n) is 9.17. The number of hydrogen-bond donors (Lipinski definition) is 1. The molecule has 1 amide bonds. The number of rotatable bonds is 5. The molecule has 0 saturated carbocycles. The van der Waals surface area contributed by atoms with Gasteiger partial charge in [-0.15, -0.1) is 0 Å². The highest BCUT2D eigenvalue weighted by atomic mass is 16.6. The average Bonchev–Trinajstić information content (AvgIpc) is 3.06. The van der Waals surface area contributed by atoms with Gasteiger partial charge in [0.15, 0.2) is 0 Å². The van der Waals surface area contributed by atoms with Crippen molar-refractivity contribution in [3.63, 3.8) is 0 Å². The van der Waals surface area contributed by atoms with Gasteiger partial charge >= 0.3 is 0 Å². The third-order valence-corrected chi connectivity index (χ3v) is 5.19. The Kier molecular flexibility index (Phi) is 5.69. The normalized spacial score (nSPS) is 16.0. The van der Waals surface area contributed by atoms with Crippen LogP contribution in [0.4, 0.5) is 5.69 Å². The van der Waals surface area contributed by atoms with E-state index in [0.717, 1.165) is 37.3 Å². The number of carbonyl (C=O) groups excluding carboxylic acids is 1. The van der Waals surface area contributed by atoms with Crippen molar-refractivity contribution < 1.29 is 9.42 Å². The summed E-state index contributed by atoms with van der Waals surface area (Å²) in [6.07, 6.45) is 3.73. The van der Waals surface area contributed by atoms with E-state index in [4.69, 9.17) is 0 Å². The molecule has 1 fully saturated rings. The van der Waals surface area contributed by atoms with Crippen molar-refractivity contribution in [2.24, 2.45) is 5.92 Å². The Morgan fingerprint density at radius 1 is 1.41 bits per heavy atom. The van der Waals surface area contributed by atoms with E-state index in [1.54, 1.807) is 13.1 Å². The Morgan fingerprint density at radius 3 is 2.78 bits per heavy atom. The number of nitrogens with zero attached hydrogens (tertiary/aromatic N) is 5. The van der Waals surface area contributed by atoms with Gasteiger partial charge in [-0.3, -0.25) is 9.78 Å². The van der Waals surface area contributed by atoms with Crippen molar-refractivity contribution in [2.75, 3.05) is 18.0 Å². The molecule has 1 aliphatic heterocycles. The molecular weight excluding hydrogens is 344 g/mol. The van der Waals surface area contributed by atoms with Crippen molar-refractivity contribution in [2.45, 2.75) is 46.1 Å². The minimum absolute atomic E-state index is 0.0692. The summed E-state index contributed by atoms with van der Waals surface area (Å²) in [5, 5.41) is 19.9. The highest BCUT2D eigenvalue weighted by molar-refractivity contribution is 5.78. The number of aryl methyl sites for hydroxylation is 2. The summed E-state index contributed by atoms with van der Waals surface area (Å²) in [7, 11) is 0. The number of nitrogens with one attached hydrogen (secondary N) is 1. The predicted molar refractivity (Wildman–Crippen MR) is 99.0 cm³/mol. The minimum Gasteiger partial charge on any atom is -0.370 e. The van der Waals surface area contributed by atoms with E-state index in [-0.39, 0.29) is 18.4 Å². The molecule has 0 aromatic carbocycles. The number of nitriles is 1. The highest BCUT2D eigenvalue weighted by Crippen LogP contribution is 2.27. The molecule has 2 aromatic rings. The van der Waals surface area contributed by atoms with Gasteiger partial charge in [0, 0.05) is 31.0 Å². The van der Waals surface area contributed by atoms with E-state index in [2.05, 4.69) is 36.2 Å². The summed E-state index contributed by atoms with van der Waals surface area (Å²) in [5.41, 5.74) is 3.69. The van der Waals surface area contributed by atoms with Crippen molar-refractivity contribution in [3.05, 3.63) is 34.9 Å². The lowest BCUT2D eigenvalue weighted by atomic mass is 9.89. The molecule has 8 nitrogen and oxygen atoms in total. The van der Waals surface area contributed by atoms with Crippen LogP contribution in [-0.2, 0) is 11.2 Å². The number of anilines is 1. The lowest BCUT2D eigenvalue weighted by Crippen LogP contribution is -2.44. The zero-order valence-corrected chi connectivity index (χ0v) is 15.9. The second-order valence-electron chi connectivity index (χ2n) is 7.11. The van der Waals surface area contributed by atoms with Crippen LogP contribution in [0.2, 0.25) is 0 Å². The van der Waals surface area contributed by atoms with Gasteiger partial charge in [0.05, 0.1) is 17.7 Å². The Bertz CT molecular complexity index is 848. The first-order chi connectivity index (χ1) is 13.0. The van der Waals surface area contributed by atoms with Gasteiger partial charge in [-0.05, 0) is 45.6 Å². The summed E-state index contributed by atoms with van der Waals surface area (Å²) in [4.78, 5) is 18.7. The van der Waals surface area contributed by atoms with Gasteiger partial charge in [0.1, 0.15) is 17.5 Å². The molecule has 142 valence electrons. The molecule has 0 radical (unpaired) electrons. The third-order valence-electron chi connectivity index (χ3n) is 5.19. The minimum atomic E-state index is -0.0692. The Balaban J connectivity index is 1.54. The molecule has 1 aliphatic rings. The second-order valence-corrected chi connectivity index (χ2v) is 7.11. The number of carbonyl (C=O) groups is 1. The largest absolute Gasteiger partial charge is 0.370 e. The van der Waals surface area contributed by atoms with Gasteiger partial charge in [-0.2, -0.15) is 5.26 Å². The molecule has 1 N–H and O–H groups in total. The Hall–Kier alpha value is -2.95. The van der Waals surface area contributed by atoms with Crippen LogP contribution in [0.3, 0.4) is 0 Å². The molecular formula is C19H24N6O2. The molecule has 27 heavy (non-hydrogen) atoms. The SMILES string of the molecule is Cc1cc(N2CCC([C@@H](C)NC(=O)Cc3nonc3C)CC2)c(C#N)cn1. The van der Waals surface area contributed by atoms with E-state index in [9.17, 15) is 10.1 Å². The van der Waals surface area contributed by atoms with Gasteiger partial charge in [0.2, 0.25) is 5.91 Å². The zero-order valence-electron chi connectivity index (χ0n) is 15.9. The number of amides is 1. The van der Waals surface area contributed by atoms with Crippen LogP contribution in [-0.4, -0.2) is 40.3 Å². The maximum Gasteiger partial charge on any atom is 0.226 e. The molecule has 1 saturated heterocycles. The molecule has 3 rings (SSSR count). The molecule has 1 atom stereocenters. The lowest BCUT2D eigenvalue weighted by molar-refractivity contribution is -0.121. The molecule has 0 bridgehead atoms. The Labute approximate surface area is 158 Å². The van der Waals surface area contributed by atoms with Crippen molar-refractivity contribution in [1.82, 2.24) is 20.6 Å². The van der Waals surface area contributed by atoms with Crippen LogP contribution < -0.4 is 10.2 Å². The quantitative estimate of drug-likeness (QED) is 0.859. The Morgan fingerprint density at radius 2 is 2.15 bits per heavy atom. The summed E-state index contributed by atoms with van der Waals surface area (Å²) >= 11 is 0. The molecule has 0 aliphatic carbocycles. The van der Waals surface area contributed by atoms with Crippen molar-refractivity contribution >= 4 is 11.6 Å². The van der Waals surface area contributed by atoms with Crippen LogP contribution >= 0.6 is 0 Å². The highest BCUT2D eigenvalue weighted by Gasteiger charge is 2.26. The average molecular weight is 368 g/mol. The second kappa shape index (κ2) is 8.16.